The van der Waals surface area contributed by atoms with Crippen molar-refractivity contribution >= 4 is 10.0 Å². The van der Waals surface area contributed by atoms with Crippen LogP contribution in [0, 0.1) is 0 Å². The van der Waals surface area contributed by atoms with Gasteiger partial charge in [-0.25, -0.2) is 8.42 Å². The number of hydrogen-bond acceptors (Lipinski definition) is 4. The van der Waals surface area contributed by atoms with Crippen LogP contribution in [0.15, 0.2) is 24.3 Å². The molecule has 1 N–H and O–H groups in total. The molecule has 0 bridgehead atoms. The number of aliphatic hydroxyl groups excluding tert-OH is 1. The summed E-state index contributed by atoms with van der Waals surface area (Å²) < 4.78 is 26.4. The summed E-state index contributed by atoms with van der Waals surface area (Å²) in [6.07, 6.45) is 0. The van der Waals surface area contributed by atoms with Gasteiger partial charge in [-0.1, -0.05) is 31.2 Å². The number of aliphatic hydroxyl groups is 1. The van der Waals surface area contributed by atoms with Crippen LogP contribution in [0.1, 0.15) is 18.1 Å². The van der Waals surface area contributed by atoms with Crippen molar-refractivity contribution in [2.75, 3.05) is 32.7 Å². The topological polar surface area (TPSA) is 60.9 Å². The zero-order valence-electron chi connectivity index (χ0n) is 11.8. The van der Waals surface area contributed by atoms with Gasteiger partial charge in [0.15, 0.2) is 0 Å². The van der Waals surface area contributed by atoms with Gasteiger partial charge in [0.1, 0.15) is 0 Å². The summed E-state index contributed by atoms with van der Waals surface area (Å²) in [5, 5.41) is 9.10. The Morgan fingerprint density at radius 3 is 2.40 bits per heavy atom. The lowest BCUT2D eigenvalue weighted by Gasteiger charge is -2.33. The van der Waals surface area contributed by atoms with Crippen LogP contribution in [-0.4, -0.2) is 55.5 Å². The third-order valence-electron chi connectivity index (χ3n) is 3.69. The smallest absolute Gasteiger partial charge is 0.218 e. The number of likely N-dealkylation sites (N-methyl/N-ethyl adjacent to an activating group) is 1. The molecule has 2 rings (SSSR count). The molecule has 1 aliphatic rings. The monoisotopic (exact) mass is 298 g/mol. The van der Waals surface area contributed by atoms with Crippen LogP contribution in [0.3, 0.4) is 0 Å². The lowest BCUT2D eigenvalue weighted by Crippen LogP contribution is -2.48. The van der Waals surface area contributed by atoms with Gasteiger partial charge in [-0.2, -0.15) is 4.31 Å². The molecule has 0 amide bonds. The Hall–Kier alpha value is -0.950. The largest absolute Gasteiger partial charge is 0.392 e. The first-order valence-electron chi connectivity index (χ1n) is 6.94. The summed E-state index contributed by atoms with van der Waals surface area (Å²) in [7, 11) is -3.27. The van der Waals surface area contributed by atoms with Crippen molar-refractivity contribution in [3.05, 3.63) is 35.4 Å². The van der Waals surface area contributed by atoms with Gasteiger partial charge in [-0.05, 0) is 17.7 Å². The van der Waals surface area contributed by atoms with Gasteiger partial charge in [-0.3, -0.25) is 0 Å². The molecule has 1 heterocycles. The second-order valence-corrected chi connectivity index (χ2v) is 7.04. The molecule has 0 radical (unpaired) electrons. The van der Waals surface area contributed by atoms with Gasteiger partial charge < -0.3 is 10.0 Å². The maximum atomic E-state index is 12.4. The van der Waals surface area contributed by atoms with Crippen LogP contribution in [0.2, 0.25) is 0 Å². The average molecular weight is 298 g/mol. The number of hydrogen-bond donors (Lipinski definition) is 1. The molecule has 112 valence electrons. The van der Waals surface area contributed by atoms with E-state index in [1.165, 1.54) is 0 Å². The van der Waals surface area contributed by atoms with Crippen LogP contribution >= 0.6 is 0 Å². The summed E-state index contributed by atoms with van der Waals surface area (Å²) >= 11 is 0. The molecule has 1 fully saturated rings. The normalized spacial score (nSPS) is 18.3. The molecular formula is C14H22N2O3S. The summed E-state index contributed by atoms with van der Waals surface area (Å²) in [5.74, 6) is 0.00691. The molecule has 0 aliphatic carbocycles. The maximum Gasteiger partial charge on any atom is 0.218 e. The van der Waals surface area contributed by atoms with Crippen molar-refractivity contribution in [3.63, 3.8) is 0 Å². The van der Waals surface area contributed by atoms with Gasteiger partial charge >= 0.3 is 0 Å². The summed E-state index contributed by atoms with van der Waals surface area (Å²) in [4.78, 5) is 2.25. The van der Waals surface area contributed by atoms with E-state index in [-0.39, 0.29) is 12.4 Å². The molecule has 1 aliphatic heterocycles. The highest BCUT2D eigenvalue weighted by Gasteiger charge is 2.26. The second kappa shape index (κ2) is 6.67. The molecule has 0 atom stereocenters. The highest BCUT2D eigenvalue weighted by molar-refractivity contribution is 7.88. The minimum absolute atomic E-state index is 0.00691. The van der Waals surface area contributed by atoms with Crippen molar-refractivity contribution in [1.29, 1.82) is 0 Å². The molecule has 0 saturated carbocycles. The van der Waals surface area contributed by atoms with Gasteiger partial charge in [0, 0.05) is 26.2 Å². The SMILES string of the molecule is CCN1CCN(S(=O)(=O)Cc2cccc(CO)c2)CC1. The van der Waals surface area contributed by atoms with Crippen LogP contribution in [0.4, 0.5) is 0 Å². The molecule has 1 aromatic carbocycles. The van der Waals surface area contributed by atoms with Crippen LogP contribution < -0.4 is 0 Å². The van der Waals surface area contributed by atoms with E-state index in [0.29, 0.717) is 13.1 Å². The number of rotatable bonds is 5. The lowest BCUT2D eigenvalue weighted by atomic mass is 10.1. The average Bonchev–Trinajstić information content (AvgIpc) is 2.47. The fourth-order valence-corrected chi connectivity index (χ4v) is 3.95. The number of piperazine rings is 1. The second-order valence-electron chi connectivity index (χ2n) is 5.07. The lowest BCUT2D eigenvalue weighted by molar-refractivity contribution is 0.196. The zero-order chi connectivity index (χ0) is 14.6. The van der Waals surface area contributed by atoms with Crippen LogP contribution in [-0.2, 0) is 22.4 Å². The first-order valence-corrected chi connectivity index (χ1v) is 8.55. The Kier molecular flexibility index (Phi) is 5.15. The molecule has 20 heavy (non-hydrogen) atoms. The van der Waals surface area contributed by atoms with Gasteiger partial charge in [0.05, 0.1) is 12.4 Å². The van der Waals surface area contributed by atoms with E-state index < -0.39 is 10.0 Å². The van der Waals surface area contributed by atoms with E-state index in [1.54, 1.807) is 28.6 Å². The van der Waals surface area contributed by atoms with Gasteiger partial charge in [0.25, 0.3) is 0 Å². The van der Waals surface area contributed by atoms with E-state index in [4.69, 9.17) is 5.11 Å². The van der Waals surface area contributed by atoms with Crippen molar-refractivity contribution in [2.24, 2.45) is 0 Å². The molecular weight excluding hydrogens is 276 g/mol. The highest BCUT2D eigenvalue weighted by atomic mass is 32.2. The van der Waals surface area contributed by atoms with E-state index in [9.17, 15) is 8.42 Å². The number of nitrogens with zero attached hydrogens (tertiary/aromatic N) is 2. The molecule has 0 unspecified atom stereocenters. The van der Waals surface area contributed by atoms with Gasteiger partial charge in [0.2, 0.25) is 10.0 Å². The van der Waals surface area contributed by atoms with E-state index in [0.717, 1.165) is 30.8 Å². The third kappa shape index (κ3) is 3.79. The highest BCUT2D eigenvalue weighted by Crippen LogP contribution is 2.15. The zero-order valence-corrected chi connectivity index (χ0v) is 12.6. The van der Waals surface area contributed by atoms with Crippen molar-refractivity contribution in [2.45, 2.75) is 19.3 Å². The quantitative estimate of drug-likeness (QED) is 0.867. The standard InChI is InChI=1S/C14H22N2O3S/c1-2-15-6-8-16(9-7-15)20(18,19)12-14-5-3-4-13(10-14)11-17/h3-5,10,17H,2,6-9,11-12H2,1H3. The molecule has 5 nitrogen and oxygen atoms in total. The number of sulfonamides is 1. The Morgan fingerprint density at radius 1 is 1.15 bits per heavy atom. The summed E-state index contributed by atoms with van der Waals surface area (Å²) in [6.45, 7) is 5.71. The van der Waals surface area contributed by atoms with Crippen molar-refractivity contribution in [3.8, 4) is 0 Å². The Morgan fingerprint density at radius 2 is 1.80 bits per heavy atom. The van der Waals surface area contributed by atoms with Crippen LogP contribution in [0.25, 0.3) is 0 Å². The Balaban J connectivity index is 2.03. The summed E-state index contributed by atoms with van der Waals surface area (Å²) in [6, 6.07) is 7.11. The van der Waals surface area contributed by atoms with E-state index >= 15 is 0 Å². The molecule has 0 spiro atoms. The number of benzene rings is 1. The third-order valence-corrected chi connectivity index (χ3v) is 5.54. The minimum atomic E-state index is -3.27. The Bertz CT molecular complexity index is 537. The first-order chi connectivity index (χ1) is 9.55. The fourth-order valence-electron chi connectivity index (χ4n) is 2.44. The fraction of sp³-hybridized carbons (Fsp3) is 0.571. The van der Waals surface area contributed by atoms with E-state index in [1.807, 2.05) is 0 Å². The Labute approximate surface area is 120 Å². The van der Waals surface area contributed by atoms with Gasteiger partial charge in [-0.15, -0.1) is 0 Å². The van der Waals surface area contributed by atoms with Crippen molar-refractivity contribution < 1.29 is 13.5 Å². The molecule has 1 saturated heterocycles. The van der Waals surface area contributed by atoms with Crippen LogP contribution in [0.5, 0.6) is 0 Å². The van der Waals surface area contributed by atoms with Crippen molar-refractivity contribution in [1.82, 2.24) is 9.21 Å². The predicted molar refractivity (Wildman–Crippen MR) is 78.7 cm³/mol. The predicted octanol–water partition coefficient (Wildman–Crippen LogP) is 0.646. The molecule has 0 aromatic heterocycles. The van der Waals surface area contributed by atoms with E-state index in [2.05, 4.69) is 11.8 Å². The summed E-state index contributed by atoms with van der Waals surface area (Å²) in [5.41, 5.74) is 1.47. The maximum absolute atomic E-state index is 12.4. The first kappa shape index (κ1) is 15.4. The molecule has 6 heteroatoms. The minimum Gasteiger partial charge on any atom is -0.392 e. The molecule has 1 aromatic rings.